The third-order valence-electron chi connectivity index (χ3n) is 2.68. The van der Waals surface area contributed by atoms with Gasteiger partial charge in [0, 0.05) is 29.5 Å². The van der Waals surface area contributed by atoms with Crippen molar-refractivity contribution < 1.29 is 9.18 Å². The minimum atomic E-state index is -0.369. The van der Waals surface area contributed by atoms with Gasteiger partial charge in [-0.05, 0) is 23.8 Å². The molecule has 1 aromatic carbocycles. The number of benzene rings is 1. The van der Waals surface area contributed by atoms with Crippen molar-refractivity contribution in [2.24, 2.45) is 0 Å². The number of ketones is 1. The highest BCUT2D eigenvalue weighted by molar-refractivity contribution is 7.99. The van der Waals surface area contributed by atoms with E-state index >= 15 is 0 Å². The Morgan fingerprint density at radius 3 is 3.12 bits per heavy atom. The molecular formula is C12H13ClFNOS. The fourth-order valence-electron chi connectivity index (χ4n) is 1.76. The normalized spacial score (nSPS) is 20.2. The first kappa shape index (κ1) is 12.9. The summed E-state index contributed by atoms with van der Waals surface area (Å²) in [5, 5.41) is 3.61. The molecule has 17 heavy (non-hydrogen) atoms. The van der Waals surface area contributed by atoms with E-state index in [1.165, 1.54) is 18.2 Å². The standard InChI is InChI=1S/C12H13ClFNOS/c13-9-1-2-10(14)8(5-9)6-12(16)11-7-17-4-3-15-11/h1-2,5,11,15H,3-4,6-7H2. The van der Waals surface area contributed by atoms with Gasteiger partial charge in [0.25, 0.3) is 0 Å². The van der Waals surface area contributed by atoms with Crippen LogP contribution in [-0.4, -0.2) is 29.9 Å². The van der Waals surface area contributed by atoms with Gasteiger partial charge in [-0.3, -0.25) is 4.79 Å². The summed E-state index contributed by atoms with van der Waals surface area (Å²) in [5.74, 6) is 1.45. The van der Waals surface area contributed by atoms with Crippen molar-refractivity contribution in [2.45, 2.75) is 12.5 Å². The SMILES string of the molecule is O=C(Cc1cc(Cl)ccc1F)C1CSCCN1. The minimum Gasteiger partial charge on any atom is -0.306 e. The Kier molecular flexibility index (Phi) is 4.42. The van der Waals surface area contributed by atoms with Crippen LogP contribution in [0.15, 0.2) is 18.2 Å². The van der Waals surface area contributed by atoms with Gasteiger partial charge < -0.3 is 5.32 Å². The van der Waals surface area contributed by atoms with Crippen LogP contribution in [0.3, 0.4) is 0 Å². The summed E-state index contributed by atoms with van der Waals surface area (Å²) in [4.78, 5) is 11.9. The predicted molar refractivity (Wildman–Crippen MR) is 69.2 cm³/mol. The van der Waals surface area contributed by atoms with Gasteiger partial charge in [0.15, 0.2) is 5.78 Å². The van der Waals surface area contributed by atoms with Crippen molar-refractivity contribution in [3.8, 4) is 0 Å². The highest BCUT2D eigenvalue weighted by Crippen LogP contribution is 2.17. The van der Waals surface area contributed by atoms with Crippen LogP contribution >= 0.6 is 23.4 Å². The number of halogens is 2. The number of carbonyl (C=O) groups excluding carboxylic acids is 1. The van der Waals surface area contributed by atoms with E-state index in [0.717, 1.165) is 18.1 Å². The molecule has 2 rings (SSSR count). The first-order valence-electron chi connectivity index (χ1n) is 5.44. The lowest BCUT2D eigenvalue weighted by Gasteiger charge is -2.21. The fraction of sp³-hybridized carbons (Fsp3) is 0.417. The molecule has 2 nitrogen and oxygen atoms in total. The van der Waals surface area contributed by atoms with Crippen LogP contribution in [0.25, 0.3) is 0 Å². The topological polar surface area (TPSA) is 29.1 Å². The van der Waals surface area contributed by atoms with Crippen LogP contribution < -0.4 is 5.32 Å². The Morgan fingerprint density at radius 1 is 1.59 bits per heavy atom. The molecule has 0 aromatic heterocycles. The van der Waals surface area contributed by atoms with Gasteiger partial charge in [0.2, 0.25) is 0 Å². The first-order valence-corrected chi connectivity index (χ1v) is 6.98. The molecule has 1 aliphatic heterocycles. The summed E-state index contributed by atoms with van der Waals surface area (Å²) in [5.41, 5.74) is 0.375. The molecule has 1 aliphatic rings. The average Bonchev–Trinajstić information content (AvgIpc) is 2.35. The molecule has 0 amide bonds. The summed E-state index contributed by atoms with van der Waals surface area (Å²) >= 11 is 7.53. The van der Waals surface area contributed by atoms with E-state index in [0.29, 0.717) is 10.6 Å². The monoisotopic (exact) mass is 273 g/mol. The van der Waals surface area contributed by atoms with Crippen LogP contribution in [0.4, 0.5) is 4.39 Å². The van der Waals surface area contributed by atoms with Crippen LogP contribution in [-0.2, 0) is 11.2 Å². The van der Waals surface area contributed by atoms with E-state index in [9.17, 15) is 9.18 Å². The molecule has 0 bridgehead atoms. The van der Waals surface area contributed by atoms with Crippen molar-refractivity contribution in [2.75, 3.05) is 18.1 Å². The molecule has 1 fully saturated rings. The van der Waals surface area contributed by atoms with E-state index in [1.807, 2.05) is 0 Å². The number of Topliss-reactive ketones (excluding diaryl/α,β-unsaturated/α-hetero) is 1. The second-order valence-electron chi connectivity index (χ2n) is 3.96. The second-order valence-corrected chi connectivity index (χ2v) is 5.55. The van der Waals surface area contributed by atoms with Gasteiger partial charge >= 0.3 is 0 Å². The Hall–Kier alpha value is -0.580. The van der Waals surface area contributed by atoms with E-state index < -0.39 is 0 Å². The number of hydrogen-bond donors (Lipinski definition) is 1. The maximum Gasteiger partial charge on any atom is 0.155 e. The van der Waals surface area contributed by atoms with Crippen molar-refractivity contribution in [1.29, 1.82) is 0 Å². The quantitative estimate of drug-likeness (QED) is 0.916. The Balaban J connectivity index is 2.04. The average molecular weight is 274 g/mol. The van der Waals surface area contributed by atoms with Crippen molar-refractivity contribution >= 4 is 29.1 Å². The summed E-state index contributed by atoms with van der Waals surface area (Å²) in [6.07, 6.45) is 0.102. The second kappa shape index (κ2) is 5.85. The van der Waals surface area contributed by atoms with E-state index in [1.54, 1.807) is 11.8 Å². The maximum absolute atomic E-state index is 13.5. The number of carbonyl (C=O) groups is 1. The largest absolute Gasteiger partial charge is 0.306 e. The lowest BCUT2D eigenvalue weighted by molar-refractivity contribution is -0.120. The lowest BCUT2D eigenvalue weighted by Crippen LogP contribution is -2.44. The molecule has 0 spiro atoms. The van der Waals surface area contributed by atoms with Gasteiger partial charge in [-0.1, -0.05) is 11.6 Å². The highest BCUT2D eigenvalue weighted by Gasteiger charge is 2.21. The van der Waals surface area contributed by atoms with Crippen LogP contribution in [0.5, 0.6) is 0 Å². The molecule has 0 saturated carbocycles. The van der Waals surface area contributed by atoms with Crippen molar-refractivity contribution in [1.82, 2.24) is 5.32 Å². The molecule has 1 saturated heterocycles. The minimum absolute atomic E-state index is 0.0263. The maximum atomic E-state index is 13.5. The molecule has 1 aromatic rings. The summed E-state index contributed by atoms with van der Waals surface area (Å²) < 4.78 is 13.5. The molecule has 1 unspecified atom stereocenters. The number of thioether (sulfide) groups is 1. The van der Waals surface area contributed by atoms with Crippen LogP contribution in [0.1, 0.15) is 5.56 Å². The molecule has 1 N–H and O–H groups in total. The smallest absolute Gasteiger partial charge is 0.155 e. The van der Waals surface area contributed by atoms with Gasteiger partial charge in [0.05, 0.1) is 6.04 Å². The Labute approximate surface area is 109 Å². The molecule has 0 aliphatic carbocycles. The molecule has 1 atom stereocenters. The molecule has 5 heteroatoms. The van der Waals surface area contributed by atoms with Crippen LogP contribution in [0, 0.1) is 5.82 Å². The third kappa shape index (κ3) is 3.44. The van der Waals surface area contributed by atoms with E-state index in [2.05, 4.69) is 5.32 Å². The zero-order valence-electron chi connectivity index (χ0n) is 9.21. The Morgan fingerprint density at radius 2 is 2.41 bits per heavy atom. The summed E-state index contributed by atoms with van der Waals surface area (Å²) in [6.45, 7) is 0.832. The van der Waals surface area contributed by atoms with Crippen molar-refractivity contribution in [3.63, 3.8) is 0 Å². The fourth-order valence-corrected chi connectivity index (χ4v) is 2.92. The van der Waals surface area contributed by atoms with E-state index in [4.69, 9.17) is 11.6 Å². The zero-order chi connectivity index (χ0) is 12.3. The molecule has 0 radical (unpaired) electrons. The number of nitrogens with one attached hydrogen (secondary N) is 1. The van der Waals surface area contributed by atoms with Gasteiger partial charge in [0.1, 0.15) is 5.82 Å². The van der Waals surface area contributed by atoms with E-state index in [-0.39, 0.29) is 24.1 Å². The van der Waals surface area contributed by atoms with Crippen LogP contribution in [0.2, 0.25) is 5.02 Å². The predicted octanol–water partition coefficient (Wildman–Crippen LogP) is 2.30. The lowest BCUT2D eigenvalue weighted by atomic mass is 10.0. The first-order chi connectivity index (χ1) is 8.16. The molecular weight excluding hydrogens is 261 g/mol. The highest BCUT2D eigenvalue weighted by atomic mass is 35.5. The summed E-state index contributed by atoms with van der Waals surface area (Å²) in [7, 11) is 0. The zero-order valence-corrected chi connectivity index (χ0v) is 10.8. The van der Waals surface area contributed by atoms with Crippen molar-refractivity contribution in [3.05, 3.63) is 34.6 Å². The van der Waals surface area contributed by atoms with Gasteiger partial charge in [-0.15, -0.1) is 0 Å². The molecule has 92 valence electrons. The van der Waals surface area contributed by atoms with Gasteiger partial charge in [-0.25, -0.2) is 4.39 Å². The number of rotatable bonds is 3. The van der Waals surface area contributed by atoms with Gasteiger partial charge in [-0.2, -0.15) is 11.8 Å². The Bertz CT molecular complexity index is 421. The molecule has 1 heterocycles. The number of hydrogen-bond acceptors (Lipinski definition) is 3. The third-order valence-corrected chi connectivity index (χ3v) is 3.98. The summed E-state index contributed by atoms with van der Waals surface area (Å²) in [6, 6.07) is 4.14.